The molecule has 0 saturated heterocycles. The van der Waals surface area contributed by atoms with E-state index in [2.05, 4.69) is 122 Å². The summed E-state index contributed by atoms with van der Waals surface area (Å²) in [6, 6.07) is 42.0. The summed E-state index contributed by atoms with van der Waals surface area (Å²) < 4.78 is 0. The fourth-order valence-corrected chi connectivity index (χ4v) is 4.80. The van der Waals surface area contributed by atoms with Crippen LogP contribution in [0, 0.1) is 6.92 Å². The summed E-state index contributed by atoms with van der Waals surface area (Å²) in [5, 5.41) is 7.75. The first-order valence-electron chi connectivity index (χ1n) is 10.8. The Morgan fingerprint density at radius 3 is 1.81 bits per heavy atom. The van der Waals surface area contributed by atoms with Gasteiger partial charge in [-0.1, -0.05) is 115 Å². The molecule has 0 fully saturated rings. The van der Waals surface area contributed by atoms with E-state index in [0.717, 1.165) is 0 Å². The lowest BCUT2D eigenvalue weighted by Gasteiger charge is -2.17. The first-order valence-corrected chi connectivity index (χ1v) is 10.8. The highest BCUT2D eigenvalue weighted by molar-refractivity contribution is 6.16. The summed E-state index contributed by atoms with van der Waals surface area (Å²) >= 11 is 0. The Bertz CT molecular complexity index is 1570. The maximum atomic E-state index is 2.36. The molecule has 0 heterocycles. The quantitative estimate of drug-likeness (QED) is 0.257. The molecule has 0 heteroatoms. The number of hydrogen-bond acceptors (Lipinski definition) is 0. The van der Waals surface area contributed by atoms with Gasteiger partial charge in [0.15, 0.2) is 0 Å². The van der Waals surface area contributed by atoms with Gasteiger partial charge in [-0.15, -0.1) is 0 Å². The van der Waals surface area contributed by atoms with Crippen LogP contribution in [-0.2, 0) is 0 Å². The molecule has 0 spiro atoms. The molecule has 0 saturated carbocycles. The third-order valence-corrected chi connectivity index (χ3v) is 6.33. The van der Waals surface area contributed by atoms with Crippen LogP contribution in [0.3, 0.4) is 0 Å². The molecule has 0 radical (unpaired) electrons. The van der Waals surface area contributed by atoms with Gasteiger partial charge in [-0.3, -0.25) is 0 Å². The first-order chi connectivity index (χ1) is 15.3. The fraction of sp³-hybridized carbons (Fsp3) is 0.0323. The van der Waals surface area contributed by atoms with Crippen molar-refractivity contribution in [3.8, 4) is 22.3 Å². The van der Waals surface area contributed by atoms with Crippen LogP contribution < -0.4 is 0 Å². The zero-order chi connectivity index (χ0) is 20.8. The summed E-state index contributed by atoms with van der Waals surface area (Å²) in [5.74, 6) is 0. The van der Waals surface area contributed by atoms with Crippen LogP contribution in [0.15, 0.2) is 115 Å². The Labute approximate surface area is 182 Å². The SMILES string of the molecule is Cc1ccc(-c2c(-c3cc4ccccc4c4ccccc34)ccc3ccccc23)cc1. The van der Waals surface area contributed by atoms with Crippen molar-refractivity contribution in [3.63, 3.8) is 0 Å². The minimum absolute atomic E-state index is 1.26. The zero-order valence-electron chi connectivity index (χ0n) is 17.5. The van der Waals surface area contributed by atoms with Crippen molar-refractivity contribution in [2.24, 2.45) is 0 Å². The lowest BCUT2D eigenvalue weighted by atomic mass is 9.86. The van der Waals surface area contributed by atoms with Crippen molar-refractivity contribution in [1.29, 1.82) is 0 Å². The molecule has 0 aliphatic heterocycles. The number of fused-ring (bicyclic) bond motifs is 4. The molecule has 6 rings (SSSR count). The van der Waals surface area contributed by atoms with E-state index in [1.165, 1.54) is 60.1 Å². The monoisotopic (exact) mass is 394 g/mol. The molecule has 0 nitrogen and oxygen atoms in total. The Balaban J connectivity index is 1.77. The summed E-state index contributed by atoms with van der Waals surface area (Å²) in [5.41, 5.74) is 6.41. The van der Waals surface area contributed by atoms with Crippen molar-refractivity contribution < 1.29 is 0 Å². The largest absolute Gasteiger partial charge is 0.0616 e. The second-order valence-corrected chi connectivity index (χ2v) is 8.27. The molecule has 6 aromatic rings. The standard InChI is InChI=1S/C31H22/c1-21-14-16-23(17-15-21)31-26-11-5-2-8-22(26)18-19-29(31)30-20-24-9-3-4-10-25(24)27-12-6-7-13-28(27)30/h2-20H,1H3. The lowest BCUT2D eigenvalue weighted by molar-refractivity contribution is 1.47. The maximum absolute atomic E-state index is 2.36. The molecule has 0 aliphatic rings. The molecule has 0 aromatic heterocycles. The summed E-state index contributed by atoms with van der Waals surface area (Å²) in [6.07, 6.45) is 0. The highest BCUT2D eigenvalue weighted by atomic mass is 14.2. The number of benzene rings is 6. The van der Waals surface area contributed by atoms with Crippen LogP contribution in [0.2, 0.25) is 0 Å². The Morgan fingerprint density at radius 1 is 0.419 bits per heavy atom. The van der Waals surface area contributed by atoms with Crippen molar-refractivity contribution >= 4 is 32.3 Å². The van der Waals surface area contributed by atoms with Gasteiger partial charge in [0.25, 0.3) is 0 Å². The zero-order valence-corrected chi connectivity index (χ0v) is 17.5. The average Bonchev–Trinajstić information content (AvgIpc) is 2.83. The van der Waals surface area contributed by atoms with Crippen LogP contribution in [0.4, 0.5) is 0 Å². The van der Waals surface area contributed by atoms with Gasteiger partial charge in [-0.25, -0.2) is 0 Å². The molecule has 6 aromatic carbocycles. The number of aryl methyl sites for hydroxylation is 1. The van der Waals surface area contributed by atoms with E-state index in [9.17, 15) is 0 Å². The van der Waals surface area contributed by atoms with Gasteiger partial charge in [0.2, 0.25) is 0 Å². The molecule has 146 valence electrons. The van der Waals surface area contributed by atoms with Crippen molar-refractivity contribution in [1.82, 2.24) is 0 Å². The third kappa shape index (κ3) is 2.92. The van der Waals surface area contributed by atoms with Crippen LogP contribution in [0.5, 0.6) is 0 Å². The molecule has 0 aliphatic carbocycles. The predicted molar refractivity (Wildman–Crippen MR) is 135 cm³/mol. The molecule has 0 bridgehead atoms. The maximum Gasteiger partial charge on any atom is -0.00266 e. The molecular weight excluding hydrogens is 372 g/mol. The van der Waals surface area contributed by atoms with Gasteiger partial charge in [-0.2, -0.15) is 0 Å². The van der Waals surface area contributed by atoms with E-state index in [-0.39, 0.29) is 0 Å². The van der Waals surface area contributed by atoms with E-state index in [1.807, 2.05) is 0 Å². The second kappa shape index (κ2) is 7.11. The normalized spacial score (nSPS) is 11.4. The smallest absolute Gasteiger partial charge is 0.00266 e. The lowest BCUT2D eigenvalue weighted by Crippen LogP contribution is -1.90. The summed E-state index contributed by atoms with van der Waals surface area (Å²) in [4.78, 5) is 0. The van der Waals surface area contributed by atoms with Crippen molar-refractivity contribution in [3.05, 3.63) is 121 Å². The van der Waals surface area contributed by atoms with Crippen LogP contribution >= 0.6 is 0 Å². The van der Waals surface area contributed by atoms with Crippen LogP contribution in [0.25, 0.3) is 54.6 Å². The Kier molecular flexibility index (Phi) is 4.11. The summed E-state index contributed by atoms with van der Waals surface area (Å²) in [7, 11) is 0. The number of rotatable bonds is 2. The third-order valence-electron chi connectivity index (χ3n) is 6.33. The number of hydrogen-bond donors (Lipinski definition) is 0. The molecule has 0 amide bonds. The Hall–Kier alpha value is -3.90. The topological polar surface area (TPSA) is 0 Å². The predicted octanol–water partition coefficient (Wildman–Crippen LogP) is 8.79. The van der Waals surface area contributed by atoms with E-state index in [0.29, 0.717) is 0 Å². The molecule has 0 atom stereocenters. The van der Waals surface area contributed by atoms with Gasteiger partial charge in [0.1, 0.15) is 0 Å². The van der Waals surface area contributed by atoms with Gasteiger partial charge in [-0.05, 0) is 67.6 Å². The molecule has 0 unspecified atom stereocenters. The highest BCUT2D eigenvalue weighted by Gasteiger charge is 2.15. The fourth-order valence-electron chi connectivity index (χ4n) is 4.80. The molecule has 0 N–H and O–H groups in total. The minimum Gasteiger partial charge on any atom is -0.0616 e. The molecular formula is C31H22. The van der Waals surface area contributed by atoms with E-state index in [4.69, 9.17) is 0 Å². The van der Waals surface area contributed by atoms with Crippen LogP contribution in [-0.4, -0.2) is 0 Å². The van der Waals surface area contributed by atoms with E-state index < -0.39 is 0 Å². The van der Waals surface area contributed by atoms with E-state index >= 15 is 0 Å². The summed E-state index contributed by atoms with van der Waals surface area (Å²) in [6.45, 7) is 2.14. The average molecular weight is 395 g/mol. The Morgan fingerprint density at radius 2 is 1.03 bits per heavy atom. The molecule has 31 heavy (non-hydrogen) atoms. The van der Waals surface area contributed by atoms with Gasteiger partial charge < -0.3 is 0 Å². The van der Waals surface area contributed by atoms with Gasteiger partial charge in [0.05, 0.1) is 0 Å². The minimum atomic E-state index is 1.26. The van der Waals surface area contributed by atoms with Gasteiger partial charge >= 0.3 is 0 Å². The van der Waals surface area contributed by atoms with Crippen molar-refractivity contribution in [2.45, 2.75) is 6.92 Å². The highest BCUT2D eigenvalue weighted by Crippen LogP contribution is 2.42. The van der Waals surface area contributed by atoms with Gasteiger partial charge in [0, 0.05) is 0 Å². The van der Waals surface area contributed by atoms with Crippen molar-refractivity contribution in [2.75, 3.05) is 0 Å². The van der Waals surface area contributed by atoms with Crippen LogP contribution in [0.1, 0.15) is 5.56 Å². The van der Waals surface area contributed by atoms with E-state index in [1.54, 1.807) is 0 Å². The first kappa shape index (κ1) is 17.9. The second-order valence-electron chi connectivity index (χ2n) is 8.27.